The molecule has 0 aliphatic carbocycles. The van der Waals surface area contributed by atoms with Crippen molar-refractivity contribution in [2.24, 2.45) is 4.99 Å². The maximum Gasteiger partial charge on any atom is 0.191 e. The van der Waals surface area contributed by atoms with E-state index in [-0.39, 0.29) is 24.0 Å². The number of aliphatic imine (C=N–C) groups is 1. The third-order valence-corrected chi connectivity index (χ3v) is 4.58. The summed E-state index contributed by atoms with van der Waals surface area (Å²) < 4.78 is 1.91. The average molecular weight is 498 g/mol. The van der Waals surface area contributed by atoms with Gasteiger partial charge in [0.15, 0.2) is 5.96 Å². The van der Waals surface area contributed by atoms with Gasteiger partial charge in [0.1, 0.15) is 0 Å². The second-order valence-electron chi connectivity index (χ2n) is 7.23. The third kappa shape index (κ3) is 7.79. The zero-order valence-electron chi connectivity index (χ0n) is 17.7. The smallest absolute Gasteiger partial charge is 0.191 e. The van der Waals surface area contributed by atoms with Gasteiger partial charge in [0.05, 0.1) is 11.9 Å². The van der Waals surface area contributed by atoms with Gasteiger partial charge in [0.25, 0.3) is 0 Å². The van der Waals surface area contributed by atoms with Crippen molar-refractivity contribution in [1.82, 2.24) is 25.3 Å². The molecule has 28 heavy (non-hydrogen) atoms. The number of hydrogen-bond donors (Lipinski definition) is 2. The van der Waals surface area contributed by atoms with E-state index in [9.17, 15) is 0 Å². The Morgan fingerprint density at radius 1 is 1.07 bits per heavy atom. The van der Waals surface area contributed by atoms with Crippen molar-refractivity contribution in [3.05, 3.63) is 48.3 Å². The molecular weight excluding hydrogens is 463 g/mol. The SMILES string of the molecule is CN=C(NCCc1cnn(-c2ccccc2)c1)NCCN(C(C)C)C(C)C.I. The quantitative estimate of drug-likeness (QED) is 0.317. The van der Waals surface area contributed by atoms with Gasteiger partial charge in [-0.25, -0.2) is 4.68 Å². The van der Waals surface area contributed by atoms with E-state index in [1.54, 1.807) is 0 Å². The van der Waals surface area contributed by atoms with E-state index in [0.29, 0.717) is 12.1 Å². The first-order valence-electron chi connectivity index (χ1n) is 9.80. The summed E-state index contributed by atoms with van der Waals surface area (Å²) >= 11 is 0. The molecule has 0 saturated heterocycles. The van der Waals surface area contributed by atoms with Crippen LogP contribution in [-0.4, -0.2) is 59.4 Å². The first-order chi connectivity index (χ1) is 13.0. The molecule has 0 amide bonds. The Morgan fingerprint density at radius 2 is 1.71 bits per heavy atom. The zero-order chi connectivity index (χ0) is 19.6. The van der Waals surface area contributed by atoms with Crippen molar-refractivity contribution >= 4 is 29.9 Å². The van der Waals surface area contributed by atoms with Gasteiger partial charge in [-0.05, 0) is 51.8 Å². The molecule has 0 aliphatic rings. The first kappa shape index (κ1) is 24.4. The van der Waals surface area contributed by atoms with Gasteiger partial charge in [-0.2, -0.15) is 5.10 Å². The lowest BCUT2D eigenvalue weighted by molar-refractivity contribution is 0.178. The maximum atomic E-state index is 4.44. The molecular formula is C21H35IN6. The fraction of sp³-hybridized carbons (Fsp3) is 0.524. The molecule has 2 N–H and O–H groups in total. The molecule has 6 nitrogen and oxygen atoms in total. The van der Waals surface area contributed by atoms with E-state index in [2.05, 4.69) is 71.6 Å². The summed E-state index contributed by atoms with van der Waals surface area (Å²) in [6.45, 7) is 11.6. The second-order valence-corrected chi connectivity index (χ2v) is 7.23. The Bertz CT molecular complexity index is 688. The monoisotopic (exact) mass is 498 g/mol. The number of para-hydroxylation sites is 1. The first-order valence-corrected chi connectivity index (χ1v) is 9.80. The average Bonchev–Trinajstić information content (AvgIpc) is 3.12. The Hall–Kier alpha value is -1.61. The van der Waals surface area contributed by atoms with Crippen LogP contribution in [0.15, 0.2) is 47.7 Å². The normalized spacial score (nSPS) is 11.8. The molecule has 0 unspecified atom stereocenters. The summed E-state index contributed by atoms with van der Waals surface area (Å²) in [5.41, 5.74) is 2.28. The standard InChI is InChI=1S/C21H34N6.HI/c1-17(2)26(18(3)4)14-13-24-21(22-5)23-12-11-19-15-25-27(16-19)20-9-7-6-8-10-20;/h6-10,15-18H,11-14H2,1-5H3,(H2,22,23,24);1H. The molecule has 156 valence electrons. The highest BCUT2D eigenvalue weighted by molar-refractivity contribution is 14.0. The van der Waals surface area contributed by atoms with Crippen LogP contribution < -0.4 is 10.6 Å². The number of aromatic nitrogens is 2. The fourth-order valence-corrected chi connectivity index (χ4v) is 3.17. The highest BCUT2D eigenvalue weighted by Crippen LogP contribution is 2.07. The Kier molecular flexibility index (Phi) is 11.1. The highest BCUT2D eigenvalue weighted by atomic mass is 127. The van der Waals surface area contributed by atoms with Crippen molar-refractivity contribution in [2.45, 2.75) is 46.2 Å². The van der Waals surface area contributed by atoms with Crippen molar-refractivity contribution in [2.75, 3.05) is 26.7 Å². The van der Waals surface area contributed by atoms with Gasteiger partial charge >= 0.3 is 0 Å². The van der Waals surface area contributed by atoms with Gasteiger partial charge in [0, 0.05) is 45.0 Å². The van der Waals surface area contributed by atoms with Crippen LogP contribution >= 0.6 is 24.0 Å². The Labute approximate surface area is 186 Å². The molecule has 1 aromatic carbocycles. The molecule has 0 spiro atoms. The molecule has 0 fully saturated rings. The summed E-state index contributed by atoms with van der Waals surface area (Å²) in [5, 5.41) is 11.2. The lowest BCUT2D eigenvalue weighted by Gasteiger charge is -2.30. The number of hydrogen-bond acceptors (Lipinski definition) is 3. The zero-order valence-corrected chi connectivity index (χ0v) is 20.1. The van der Waals surface area contributed by atoms with E-state index < -0.39 is 0 Å². The number of rotatable bonds is 9. The molecule has 0 radical (unpaired) electrons. The van der Waals surface area contributed by atoms with Gasteiger partial charge in [-0.15, -0.1) is 24.0 Å². The molecule has 2 aromatic rings. The summed E-state index contributed by atoms with van der Waals surface area (Å²) in [6.07, 6.45) is 4.90. The number of benzene rings is 1. The minimum absolute atomic E-state index is 0. The number of nitrogens with zero attached hydrogens (tertiary/aromatic N) is 4. The summed E-state index contributed by atoms with van der Waals surface area (Å²) in [6, 6.07) is 11.3. The molecule has 0 bridgehead atoms. The maximum absolute atomic E-state index is 4.44. The number of guanidine groups is 1. The lowest BCUT2D eigenvalue weighted by Crippen LogP contribution is -2.45. The van der Waals surface area contributed by atoms with Crippen LogP contribution in [0.3, 0.4) is 0 Å². The number of nitrogens with one attached hydrogen (secondary N) is 2. The predicted molar refractivity (Wildman–Crippen MR) is 129 cm³/mol. The summed E-state index contributed by atoms with van der Waals surface area (Å²) in [5.74, 6) is 0.845. The van der Waals surface area contributed by atoms with E-state index in [1.165, 1.54) is 5.56 Å². The van der Waals surface area contributed by atoms with Crippen molar-refractivity contribution in [3.63, 3.8) is 0 Å². The molecule has 0 atom stereocenters. The van der Waals surface area contributed by atoms with Crippen molar-refractivity contribution in [1.29, 1.82) is 0 Å². The minimum Gasteiger partial charge on any atom is -0.356 e. The topological polar surface area (TPSA) is 57.5 Å². The van der Waals surface area contributed by atoms with Crippen LogP contribution in [0.1, 0.15) is 33.3 Å². The van der Waals surface area contributed by atoms with Gasteiger partial charge in [-0.3, -0.25) is 9.89 Å². The number of halogens is 1. The molecule has 0 saturated carbocycles. The van der Waals surface area contributed by atoms with Crippen LogP contribution in [0.2, 0.25) is 0 Å². The van der Waals surface area contributed by atoms with Crippen LogP contribution in [0.25, 0.3) is 5.69 Å². The molecule has 2 rings (SSSR count). The van der Waals surface area contributed by atoms with Gasteiger partial charge in [0.2, 0.25) is 0 Å². The highest BCUT2D eigenvalue weighted by Gasteiger charge is 2.12. The minimum atomic E-state index is 0. The predicted octanol–water partition coefficient (Wildman–Crippen LogP) is 3.32. The van der Waals surface area contributed by atoms with Crippen LogP contribution in [-0.2, 0) is 6.42 Å². The van der Waals surface area contributed by atoms with Crippen molar-refractivity contribution < 1.29 is 0 Å². The summed E-state index contributed by atoms with van der Waals surface area (Å²) in [7, 11) is 1.81. The largest absolute Gasteiger partial charge is 0.356 e. The lowest BCUT2D eigenvalue weighted by atomic mass is 10.2. The molecule has 1 aromatic heterocycles. The molecule has 1 heterocycles. The van der Waals surface area contributed by atoms with E-state index in [4.69, 9.17) is 0 Å². The fourth-order valence-electron chi connectivity index (χ4n) is 3.17. The van der Waals surface area contributed by atoms with Gasteiger partial charge in [-0.1, -0.05) is 18.2 Å². The van der Waals surface area contributed by atoms with E-state index >= 15 is 0 Å². The third-order valence-electron chi connectivity index (χ3n) is 4.58. The van der Waals surface area contributed by atoms with Crippen LogP contribution in [0.4, 0.5) is 0 Å². The second kappa shape index (κ2) is 12.8. The van der Waals surface area contributed by atoms with Crippen LogP contribution in [0, 0.1) is 0 Å². The summed E-state index contributed by atoms with van der Waals surface area (Å²) in [4.78, 5) is 6.78. The van der Waals surface area contributed by atoms with Gasteiger partial charge < -0.3 is 10.6 Å². The van der Waals surface area contributed by atoms with E-state index in [0.717, 1.165) is 37.7 Å². The Morgan fingerprint density at radius 3 is 2.32 bits per heavy atom. The van der Waals surface area contributed by atoms with E-state index in [1.807, 2.05) is 36.1 Å². The molecule has 7 heteroatoms. The Balaban J connectivity index is 0.00000392. The molecule has 0 aliphatic heterocycles. The van der Waals surface area contributed by atoms with Crippen molar-refractivity contribution in [3.8, 4) is 5.69 Å². The van der Waals surface area contributed by atoms with Crippen LogP contribution in [0.5, 0.6) is 0 Å².